The molecular weight excluding hydrogens is 318 g/mol. The van der Waals surface area contributed by atoms with Crippen LogP contribution in [0.2, 0.25) is 0 Å². The molecule has 2 aromatic heterocycles. The summed E-state index contributed by atoms with van der Waals surface area (Å²) in [6.45, 7) is 4.82. The summed E-state index contributed by atoms with van der Waals surface area (Å²) < 4.78 is 1.97. The van der Waals surface area contributed by atoms with Gasteiger partial charge in [-0.25, -0.2) is 15.0 Å². The molecule has 0 saturated carbocycles. The zero-order valence-electron chi connectivity index (χ0n) is 14.7. The predicted octanol–water partition coefficient (Wildman–Crippen LogP) is 0.160. The Bertz CT molecular complexity index is 765. The fourth-order valence-electron chi connectivity index (χ4n) is 3.50. The summed E-state index contributed by atoms with van der Waals surface area (Å²) in [6, 6.07) is 1.81. The van der Waals surface area contributed by atoms with Crippen LogP contribution in [-0.4, -0.2) is 75.0 Å². The number of amides is 1. The van der Waals surface area contributed by atoms with Crippen molar-refractivity contribution in [3.8, 4) is 0 Å². The molecule has 2 aromatic rings. The number of hydrogen-bond acceptors (Lipinski definition) is 6. The van der Waals surface area contributed by atoms with Crippen molar-refractivity contribution in [1.29, 1.82) is 0 Å². The van der Waals surface area contributed by atoms with Crippen LogP contribution in [0.5, 0.6) is 0 Å². The average Bonchev–Trinajstić information content (AvgIpc) is 2.98. The van der Waals surface area contributed by atoms with Gasteiger partial charge in [0.2, 0.25) is 5.95 Å². The van der Waals surface area contributed by atoms with E-state index in [4.69, 9.17) is 0 Å². The fourth-order valence-corrected chi connectivity index (χ4v) is 3.50. The molecule has 1 fully saturated rings. The van der Waals surface area contributed by atoms with Gasteiger partial charge in [0.05, 0.1) is 12.2 Å². The van der Waals surface area contributed by atoms with Crippen molar-refractivity contribution < 1.29 is 4.79 Å². The number of carbonyl (C=O) groups excluding carboxylic acids is 1. The molecule has 0 aromatic carbocycles. The van der Waals surface area contributed by atoms with E-state index in [0.29, 0.717) is 18.3 Å². The highest BCUT2D eigenvalue weighted by Gasteiger charge is 2.29. The summed E-state index contributed by atoms with van der Waals surface area (Å²) in [6.07, 6.45) is 4.34. The number of carbonyl (C=O) groups is 1. The molecule has 1 amide bonds. The number of hydrogen-bond donors (Lipinski definition) is 0. The van der Waals surface area contributed by atoms with Crippen LogP contribution in [0.1, 0.15) is 22.0 Å². The second kappa shape index (κ2) is 6.44. The standard InChI is InChI=1S/C17H23N7O/c1-21-8-10-23(11-9-21)16(25)15-20-13-12-24(7-4-14(13)22(15)2)17-18-5-3-6-19-17/h3,5-6H,4,7-12H2,1-2H3. The minimum atomic E-state index is 0.0347. The molecule has 0 atom stereocenters. The van der Waals surface area contributed by atoms with Crippen LogP contribution in [-0.2, 0) is 20.0 Å². The van der Waals surface area contributed by atoms with Gasteiger partial charge in [-0.15, -0.1) is 0 Å². The predicted molar refractivity (Wildman–Crippen MR) is 93.4 cm³/mol. The van der Waals surface area contributed by atoms with E-state index in [0.717, 1.165) is 50.5 Å². The Morgan fingerprint density at radius 1 is 1.04 bits per heavy atom. The molecule has 4 heterocycles. The van der Waals surface area contributed by atoms with Gasteiger partial charge in [-0.05, 0) is 13.1 Å². The molecule has 0 radical (unpaired) electrons. The first kappa shape index (κ1) is 16.0. The zero-order chi connectivity index (χ0) is 17.4. The lowest BCUT2D eigenvalue weighted by molar-refractivity contribution is 0.0648. The molecular formula is C17H23N7O. The van der Waals surface area contributed by atoms with Crippen molar-refractivity contribution >= 4 is 11.9 Å². The Labute approximate surface area is 147 Å². The Balaban J connectivity index is 1.55. The number of anilines is 1. The lowest BCUT2D eigenvalue weighted by atomic mass is 10.1. The van der Waals surface area contributed by atoms with E-state index >= 15 is 0 Å². The Morgan fingerprint density at radius 2 is 1.76 bits per heavy atom. The third-order valence-corrected chi connectivity index (χ3v) is 5.07. The average molecular weight is 341 g/mol. The second-order valence-electron chi connectivity index (χ2n) is 6.70. The molecule has 2 aliphatic heterocycles. The SMILES string of the molecule is CN1CCN(C(=O)c2nc3c(n2C)CCN(c2ncccn2)C3)CC1. The van der Waals surface area contributed by atoms with E-state index in [1.54, 1.807) is 12.4 Å². The fraction of sp³-hybridized carbons (Fsp3) is 0.529. The first-order chi connectivity index (χ1) is 12.1. The number of fused-ring (bicyclic) bond motifs is 1. The molecule has 2 aliphatic rings. The first-order valence-electron chi connectivity index (χ1n) is 8.67. The highest BCUT2D eigenvalue weighted by atomic mass is 16.2. The van der Waals surface area contributed by atoms with E-state index < -0.39 is 0 Å². The number of likely N-dealkylation sites (N-methyl/N-ethyl adjacent to an activating group) is 1. The summed E-state index contributed by atoms with van der Waals surface area (Å²) in [5, 5.41) is 0. The van der Waals surface area contributed by atoms with E-state index in [1.807, 2.05) is 22.6 Å². The van der Waals surface area contributed by atoms with Crippen molar-refractivity contribution in [2.24, 2.45) is 7.05 Å². The Hall–Kier alpha value is -2.48. The molecule has 0 N–H and O–H groups in total. The van der Waals surface area contributed by atoms with Crippen LogP contribution < -0.4 is 4.90 Å². The molecule has 8 heteroatoms. The van der Waals surface area contributed by atoms with Gasteiger partial charge in [-0.2, -0.15) is 0 Å². The van der Waals surface area contributed by atoms with Crippen molar-refractivity contribution in [2.45, 2.75) is 13.0 Å². The van der Waals surface area contributed by atoms with Gasteiger partial charge in [0.15, 0.2) is 5.82 Å². The van der Waals surface area contributed by atoms with Gasteiger partial charge in [0, 0.05) is 64.3 Å². The number of aromatic nitrogens is 4. The summed E-state index contributed by atoms with van der Waals surface area (Å²) in [4.78, 5) is 32.5. The van der Waals surface area contributed by atoms with Crippen molar-refractivity contribution in [2.75, 3.05) is 44.7 Å². The van der Waals surface area contributed by atoms with Gasteiger partial charge in [-0.1, -0.05) is 0 Å². The molecule has 0 spiro atoms. The molecule has 25 heavy (non-hydrogen) atoms. The van der Waals surface area contributed by atoms with Crippen LogP contribution in [0.4, 0.5) is 5.95 Å². The number of imidazole rings is 1. The molecule has 132 valence electrons. The number of piperazine rings is 1. The van der Waals surface area contributed by atoms with Crippen LogP contribution >= 0.6 is 0 Å². The Morgan fingerprint density at radius 3 is 2.48 bits per heavy atom. The maximum Gasteiger partial charge on any atom is 0.289 e. The lowest BCUT2D eigenvalue weighted by Crippen LogP contribution is -2.47. The van der Waals surface area contributed by atoms with Gasteiger partial charge in [0.1, 0.15) is 0 Å². The van der Waals surface area contributed by atoms with Crippen molar-refractivity contribution in [1.82, 2.24) is 29.3 Å². The molecule has 4 rings (SSSR count). The highest BCUT2D eigenvalue weighted by molar-refractivity contribution is 5.91. The topological polar surface area (TPSA) is 70.4 Å². The quantitative estimate of drug-likeness (QED) is 0.775. The second-order valence-corrected chi connectivity index (χ2v) is 6.70. The van der Waals surface area contributed by atoms with E-state index in [2.05, 4.69) is 31.8 Å². The number of rotatable bonds is 2. The van der Waals surface area contributed by atoms with Gasteiger partial charge >= 0.3 is 0 Å². The number of nitrogens with zero attached hydrogens (tertiary/aromatic N) is 7. The van der Waals surface area contributed by atoms with Crippen LogP contribution in [0, 0.1) is 0 Å². The largest absolute Gasteiger partial charge is 0.334 e. The molecule has 8 nitrogen and oxygen atoms in total. The first-order valence-corrected chi connectivity index (χ1v) is 8.67. The summed E-state index contributed by atoms with van der Waals surface area (Å²) in [5.41, 5.74) is 2.10. The van der Waals surface area contributed by atoms with Gasteiger partial charge in [-0.3, -0.25) is 4.79 Å². The minimum Gasteiger partial charge on any atom is -0.334 e. The summed E-state index contributed by atoms with van der Waals surface area (Å²) in [5.74, 6) is 1.30. The lowest BCUT2D eigenvalue weighted by Gasteiger charge is -2.32. The van der Waals surface area contributed by atoms with E-state index in [1.165, 1.54) is 0 Å². The summed E-state index contributed by atoms with van der Waals surface area (Å²) >= 11 is 0. The van der Waals surface area contributed by atoms with Crippen LogP contribution in [0.15, 0.2) is 18.5 Å². The van der Waals surface area contributed by atoms with Crippen LogP contribution in [0.3, 0.4) is 0 Å². The van der Waals surface area contributed by atoms with Gasteiger partial charge in [0.25, 0.3) is 5.91 Å². The Kier molecular flexibility index (Phi) is 4.12. The highest BCUT2D eigenvalue weighted by Crippen LogP contribution is 2.22. The summed E-state index contributed by atoms with van der Waals surface area (Å²) in [7, 11) is 4.03. The molecule has 0 unspecified atom stereocenters. The maximum atomic E-state index is 12.9. The maximum absolute atomic E-state index is 12.9. The third-order valence-electron chi connectivity index (χ3n) is 5.07. The van der Waals surface area contributed by atoms with Crippen molar-refractivity contribution in [3.05, 3.63) is 35.7 Å². The van der Waals surface area contributed by atoms with E-state index in [9.17, 15) is 4.79 Å². The molecule has 0 bridgehead atoms. The van der Waals surface area contributed by atoms with Gasteiger partial charge < -0.3 is 19.3 Å². The molecule has 1 saturated heterocycles. The molecule has 0 aliphatic carbocycles. The van der Waals surface area contributed by atoms with Crippen LogP contribution in [0.25, 0.3) is 0 Å². The zero-order valence-corrected chi connectivity index (χ0v) is 14.7. The minimum absolute atomic E-state index is 0.0347. The smallest absolute Gasteiger partial charge is 0.289 e. The van der Waals surface area contributed by atoms with E-state index in [-0.39, 0.29) is 5.91 Å². The third kappa shape index (κ3) is 2.97. The monoisotopic (exact) mass is 341 g/mol. The normalized spacial score (nSPS) is 18.3. The van der Waals surface area contributed by atoms with Crippen molar-refractivity contribution in [3.63, 3.8) is 0 Å².